The number of nitrogens with zero attached hydrogens (tertiary/aromatic N) is 5. The molecule has 1 aromatic rings. The zero-order valence-electron chi connectivity index (χ0n) is 14.8. The molecular weight excluding hydrogens is 322 g/mol. The lowest BCUT2D eigenvalue weighted by molar-refractivity contribution is -0.145. The van der Waals surface area contributed by atoms with Gasteiger partial charge in [-0.2, -0.15) is 0 Å². The smallest absolute Gasteiger partial charge is 0.273 e. The van der Waals surface area contributed by atoms with E-state index in [-0.39, 0.29) is 18.4 Å². The lowest BCUT2D eigenvalue weighted by Crippen LogP contribution is -2.50. The Bertz CT molecular complexity index is 663. The Hall–Kier alpha value is -2.22. The van der Waals surface area contributed by atoms with E-state index in [1.54, 1.807) is 25.2 Å². The van der Waals surface area contributed by atoms with E-state index >= 15 is 0 Å². The van der Waals surface area contributed by atoms with Crippen LogP contribution in [-0.2, 0) is 4.79 Å². The van der Waals surface area contributed by atoms with Crippen LogP contribution in [0.3, 0.4) is 0 Å². The van der Waals surface area contributed by atoms with Gasteiger partial charge in [0.05, 0.1) is 24.4 Å². The van der Waals surface area contributed by atoms with Crippen molar-refractivity contribution in [1.29, 1.82) is 0 Å². The average molecular weight is 347 g/mol. The lowest BCUT2D eigenvalue weighted by atomic mass is 9.78. The second-order valence-electron chi connectivity index (χ2n) is 7.03. The fourth-order valence-electron chi connectivity index (χ4n) is 3.77. The number of aliphatic hydroxyl groups excluding tert-OH is 1. The fraction of sp³-hybridized carbons (Fsp3) is 0.647. The van der Waals surface area contributed by atoms with Crippen molar-refractivity contribution in [3.05, 3.63) is 18.1 Å². The van der Waals surface area contributed by atoms with Gasteiger partial charge in [0.2, 0.25) is 5.91 Å². The minimum Gasteiger partial charge on any atom is -0.395 e. The third kappa shape index (κ3) is 3.30. The van der Waals surface area contributed by atoms with E-state index in [4.69, 9.17) is 5.11 Å². The fourth-order valence-corrected chi connectivity index (χ4v) is 3.77. The highest BCUT2D eigenvalue weighted by atomic mass is 16.3. The number of carbonyl (C=O) groups excluding carboxylic acids is 2. The summed E-state index contributed by atoms with van der Waals surface area (Å²) in [6, 6.07) is 0. The molecule has 8 heteroatoms. The minimum absolute atomic E-state index is 0.00823. The third-order valence-electron chi connectivity index (χ3n) is 5.12. The normalized spacial score (nSPS) is 23.4. The maximum absolute atomic E-state index is 12.9. The summed E-state index contributed by atoms with van der Waals surface area (Å²) >= 11 is 0. The predicted octanol–water partition coefficient (Wildman–Crippen LogP) is -0.0104. The first-order valence-electron chi connectivity index (χ1n) is 8.66. The van der Waals surface area contributed by atoms with Crippen LogP contribution in [0, 0.1) is 5.41 Å². The van der Waals surface area contributed by atoms with E-state index in [1.807, 2.05) is 4.90 Å². The van der Waals surface area contributed by atoms with Gasteiger partial charge in [-0.15, -0.1) is 0 Å². The van der Waals surface area contributed by atoms with Gasteiger partial charge in [0.1, 0.15) is 11.5 Å². The van der Waals surface area contributed by atoms with Crippen LogP contribution in [0.25, 0.3) is 0 Å². The largest absolute Gasteiger partial charge is 0.395 e. The molecule has 2 amide bonds. The van der Waals surface area contributed by atoms with Crippen molar-refractivity contribution in [2.45, 2.75) is 19.3 Å². The first-order chi connectivity index (χ1) is 12.0. The van der Waals surface area contributed by atoms with Gasteiger partial charge in [-0.05, 0) is 19.3 Å². The zero-order chi connectivity index (χ0) is 18.0. The molecule has 0 aliphatic carbocycles. The van der Waals surface area contributed by atoms with Crippen molar-refractivity contribution in [2.24, 2.45) is 5.41 Å². The van der Waals surface area contributed by atoms with Crippen molar-refractivity contribution in [2.75, 3.05) is 51.8 Å². The number of anilines is 1. The second kappa shape index (κ2) is 6.95. The number of aromatic nitrogens is 2. The van der Waals surface area contributed by atoms with Crippen LogP contribution in [-0.4, -0.2) is 83.6 Å². The summed E-state index contributed by atoms with van der Waals surface area (Å²) in [6.07, 6.45) is 5.68. The van der Waals surface area contributed by atoms with Crippen LogP contribution in [0.15, 0.2) is 12.4 Å². The van der Waals surface area contributed by atoms with E-state index in [1.165, 1.54) is 11.1 Å². The topological polar surface area (TPSA) is 89.9 Å². The molecule has 3 heterocycles. The quantitative estimate of drug-likeness (QED) is 0.824. The Morgan fingerprint density at radius 3 is 2.84 bits per heavy atom. The Kier molecular flexibility index (Phi) is 4.89. The molecule has 1 spiro atoms. The Labute approximate surface area is 147 Å². The molecule has 8 nitrogen and oxygen atoms in total. The summed E-state index contributed by atoms with van der Waals surface area (Å²) < 4.78 is 0. The summed E-state index contributed by atoms with van der Waals surface area (Å²) in [6.45, 7) is 2.40. The third-order valence-corrected chi connectivity index (χ3v) is 5.12. The Morgan fingerprint density at radius 1 is 1.32 bits per heavy atom. The predicted molar refractivity (Wildman–Crippen MR) is 92.2 cm³/mol. The molecule has 1 atom stereocenters. The number of hydrogen-bond acceptors (Lipinski definition) is 6. The van der Waals surface area contributed by atoms with Crippen LogP contribution in [0.1, 0.15) is 29.8 Å². The van der Waals surface area contributed by atoms with E-state index in [0.717, 1.165) is 19.3 Å². The molecule has 2 fully saturated rings. The molecule has 25 heavy (non-hydrogen) atoms. The summed E-state index contributed by atoms with van der Waals surface area (Å²) in [5.41, 5.74) is -0.100. The number of likely N-dealkylation sites (tertiary alicyclic amines) is 1. The molecule has 2 aliphatic heterocycles. The standard InChI is InChI=1S/C17H25N5O3/c1-20(2)15(24)13-10-18-11-14(19-13)22-7-5-17(12-22)4-3-6-21(8-9-23)16(17)25/h10-11,23H,3-9,12H2,1-2H3/t17-/m0/s1. The molecule has 2 saturated heterocycles. The molecule has 0 radical (unpaired) electrons. The molecule has 0 aromatic carbocycles. The van der Waals surface area contributed by atoms with Crippen LogP contribution in [0.2, 0.25) is 0 Å². The highest BCUT2D eigenvalue weighted by molar-refractivity contribution is 5.92. The molecule has 1 aromatic heterocycles. The van der Waals surface area contributed by atoms with Gasteiger partial charge in [0, 0.05) is 40.3 Å². The van der Waals surface area contributed by atoms with Gasteiger partial charge in [0.15, 0.2) is 0 Å². The van der Waals surface area contributed by atoms with Crippen LogP contribution in [0.4, 0.5) is 5.82 Å². The van der Waals surface area contributed by atoms with Gasteiger partial charge >= 0.3 is 0 Å². The van der Waals surface area contributed by atoms with Crippen molar-refractivity contribution in [1.82, 2.24) is 19.8 Å². The molecule has 136 valence electrons. The highest BCUT2D eigenvalue weighted by Crippen LogP contribution is 2.41. The van der Waals surface area contributed by atoms with E-state index in [2.05, 4.69) is 9.97 Å². The summed E-state index contributed by atoms with van der Waals surface area (Å²) in [5.74, 6) is 0.576. The lowest BCUT2D eigenvalue weighted by Gasteiger charge is -2.39. The van der Waals surface area contributed by atoms with Gasteiger partial charge in [-0.25, -0.2) is 4.98 Å². The molecular formula is C17H25N5O3. The molecule has 2 aliphatic rings. The first-order valence-corrected chi connectivity index (χ1v) is 8.66. The van der Waals surface area contributed by atoms with E-state index in [0.29, 0.717) is 37.7 Å². The number of β-amino-alcohol motifs (C(OH)–C–C–N with tert-alkyl or cyclic N) is 1. The number of piperidine rings is 1. The maximum atomic E-state index is 12.9. The minimum atomic E-state index is -0.406. The average Bonchev–Trinajstić information content (AvgIpc) is 3.04. The summed E-state index contributed by atoms with van der Waals surface area (Å²) in [4.78, 5) is 38.8. The molecule has 3 rings (SSSR count). The number of rotatable bonds is 4. The van der Waals surface area contributed by atoms with Crippen LogP contribution < -0.4 is 4.90 Å². The van der Waals surface area contributed by atoms with E-state index in [9.17, 15) is 9.59 Å². The highest BCUT2D eigenvalue weighted by Gasteiger charge is 2.48. The monoisotopic (exact) mass is 347 g/mol. The summed E-state index contributed by atoms with van der Waals surface area (Å²) in [7, 11) is 3.36. The van der Waals surface area contributed by atoms with Crippen molar-refractivity contribution in [3.63, 3.8) is 0 Å². The molecule has 0 unspecified atom stereocenters. The summed E-state index contributed by atoms with van der Waals surface area (Å²) in [5, 5.41) is 9.17. The maximum Gasteiger partial charge on any atom is 0.273 e. The number of amides is 2. The number of carbonyl (C=O) groups is 2. The Balaban J connectivity index is 1.78. The van der Waals surface area contributed by atoms with Gasteiger partial charge in [0.25, 0.3) is 5.91 Å². The van der Waals surface area contributed by atoms with E-state index < -0.39 is 5.41 Å². The SMILES string of the molecule is CN(C)C(=O)c1cncc(N2CC[C@@]3(CCCN(CCO)C3=O)C2)n1. The van der Waals surface area contributed by atoms with Crippen molar-refractivity contribution < 1.29 is 14.7 Å². The zero-order valence-corrected chi connectivity index (χ0v) is 14.8. The van der Waals surface area contributed by atoms with Crippen LogP contribution in [0.5, 0.6) is 0 Å². The van der Waals surface area contributed by atoms with Gasteiger partial charge in [-0.3, -0.25) is 14.6 Å². The van der Waals surface area contributed by atoms with Crippen LogP contribution >= 0.6 is 0 Å². The van der Waals surface area contributed by atoms with Gasteiger partial charge in [-0.1, -0.05) is 0 Å². The number of hydrogen-bond donors (Lipinski definition) is 1. The molecule has 0 saturated carbocycles. The van der Waals surface area contributed by atoms with Gasteiger partial charge < -0.3 is 19.8 Å². The first kappa shape index (κ1) is 17.6. The molecule has 1 N–H and O–H groups in total. The number of aliphatic hydroxyl groups is 1. The second-order valence-corrected chi connectivity index (χ2v) is 7.03. The van der Waals surface area contributed by atoms with Crippen molar-refractivity contribution >= 4 is 17.6 Å². The Morgan fingerprint density at radius 2 is 2.12 bits per heavy atom. The van der Waals surface area contributed by atoms with Crippen molar-refractivity contribution in [3.8, 4) is 0 Å². The molecule has 0 bridgehead atoms.